The van der Waals surface area contributed by atoms with Crippen LogP contribution in [-0.2, 0) is 10.2 Å². The maximum atomic E-state index is 10.9. The Kier molecular flexibility index (Phi) is 4.55. The third-order valence-electron chi connectivity index (χ3n) is 2.67. The summed E-state index contributed by atoms with van der Waals surface area (Å²) in [6, 6.07) is 7.66. The molecule has 0 bridgehead atoms. The summed E-state index contributed by atoms with van der Waals surface area (Å²) in [5.74, 6) is 0.000828. The fourth-order valence-electron chi connectivity index (χ4n) is 1.84. The lowest BCUT2D eigenvalue weighted by atomic mass is 9.81. The molecule has 3 nitrogen and oxygen atoms in total. The molecule has 0 aliphatic heterocycles. The van der Waals surface area contributed by atoms with E-state index in [1.54, 1.807) is 0 Å². The van der Waals surface area contributed by atoms with Crippen molar-refractivity contribution in [1.82, 2.24) is 0 Å². The second-order valence-electron chi connectivity index (χ2n) is 4.80. The Labute approximate surface area is 102 Å². The molecule has 0 saturated heterocycles. The number of ether oxygens (including phenoxy) is 1. The maximum absolute atomic E-state index is 10.9. The number of hydrogen-bond acceptors (Lipinski definition) is 2. The quantitative estimate of drug-likeness (QED) is 0.824. The van der Waals surface area contributed by atoms with Crippen molar-refractivity contribution < 1.29 is 14.6 Å². The van der Waals surface area contributed by atoms with Crippen molar-refractivity contribution in [3.8, 4) is 5.75 Å². The van der Waals surface area contributed by atoms with E-state index in [1.165, 1.54) is 0 Å². The lowest BCUT2D eigenvalue weighted by molar-refractivity contribution is -0.138. The fraction of sp³-hybridized carbons (Fsp3) is 0.500. The first-order valence-corrected chi connectivity index (χ1v) is 5.91. The highest BCUT2D eigenvalue weighted by Crippen LogP contribution is 2.34. The maximum Gasteiger partial charge on any atom is 0.304 e. The normalized spacial score (nSPS) is 11.2. The summed E-state index contributed by atoms with van der Waals surface area (Å²) in [5.41, 5.74) is 0.534. The molecule has 0 aromatic heterocycles. The van der Waals surface area contributed by atoms with Crippen molar-refractivity contribution in [2.24, 2.45) is 0 Å². The van der Waals surface area contributed by atoms with Crippen LogP contribution >= 0.6 is 0 Å². The number of benzene rings is 1. The molecule has 0 fully saturated rings. The van der Waals surface area contributed by atoms with E-state index < -0.39 is 11.4 Å². The van der Waals surface area contributed by atoms with Gasteiger partial charge in [0, 0.05) is 11.0 Å². The Hall–Kier alpha value is -1.51. The van der Waals surface area contributed by atoms with Crippen molar-refractivity contribution in [2.75, 3.05) is 6.61 Å². The molecule has 0 amide bonds. The molecule has 0 saturated carbocycles. The average molecular weight is 236 g/mol. The standard InChI is InChI=1S/C14H20O3/c1-4-9-17-12-8-6-5-7-11(12)14(2,3)10-13(15)16/h5-8H,4,9-10H2,1-3H3,(H,15,16). The third-order valence-corrected chi connectivity index (χ3v) is 2.67. The van der Waals surface area contributed by atoms with Crippen molar-refractivity contribution in [2.45, 2.75) is 39.0 Å². The van der Waals surface area contributed by atoms with Gasteiger partial charge in [0.05, 0.1) is 13.0 Å². The van der Waals surface area contributed by atoms with E-state index in [4.69, 9.17) is 9.84 Å². The fourth-order valence-corrected chi connectivity index (χ4v) is 1.84. The molecule has 0 spiro atoms. The van der Waals surface area contributed by atoms with Crippen LogP contribution in [0.4, 0.5) is 0 Å². The largest absolute Gasteiger partial charge is 0.493 e. The van der Waals surface area contributed by atoms with Gasteiger partial charge in [-0.3, -0.25) is 4.79 Å². The SMILES string of the molecule is CCCOc1ccccc1C(C)(C)CC(=O)O. The molecule has 0 heterocycles. The first-order chi connectivity index (χ1) is 7.97. The van der Waals surface area contributed by atoms with Crippen LogP contribution in [0.15, 0.2) is 24.3 Å². The Morgan fingerprint density at radius 1 is 1.35 bits per heavy atom. The van der Waals surface area contributed by atoms with Crippen molar-refractivity contribution in [3.63, 3.8) is 0 Å². The van der Waals surface area contributed by atoms with Crippen LogP contribution < -0.4 is 4.74 Å². The summed E-state index contributed by atoms with van der Waals surface area (Å²) < 4.78 is 5.66. The van der Waals surface area contributed by atoms with Gasteiger partial charge in [-0.05, 0) is 12.5 Å². The van der Waals surface area contributed by atoms with Gasteiger partial charge in [0.2, 0.25) is 0 Å². The summed E-state index contributed by atoms with van der Waals surface area (Å²) in [5, 5.41) is 8.94. The Bertz CT molecular complexity index is 383. The first-order valence-electron chi connectivity index (χ1n) is 5.91. The molecular formula is C14H20O3. The Morgan fingerprint density at radius 2 is 2.00 bits per heavy atom. The van der Waals surface area contributed by atoms with Crippen LogP contribution in [0.25, 0.3) is 0 Å². The average Bonchev–Trinajstić information content (AvgIpc) is 2.25. The minimum atomic E-state index is -0.791. The number of hydrogen-bond donors (Lipinski definition) is 1. The van der Waals surface area contributed by atoms with Gasteiger partial charge in [0.25, 0.3) is 0 Å². The summed E-state index contributed by atoms with van der Waals surface area (Å²) in [7, 11) is 0. The molecule has 0 atom stereocenters. The summed E-state index contributed by atoms with van der Waals surface area (Å²) in [6.07, 6.45) is 1.03. The predicted molar refractivity (Wildman–Crippen MR) is 67.5 cm³/mol. The van der Waals surface area contributed by atoms with Crippen LogP contribution in [0.1, 0.15) is 39.2 Å². The molecule has 0 radical (unpaired) electrons. The second-order valence-corrected chi connectivity index (χ2v) is 4.80. The van der Waals surface area contributed by atoms with E-state index in [9.17, 15) is 4.79 Å². The molecule has 0 aliphatic carbocycles. The van der Waals surface area contributed by atoms with Gasteiger partial charge in [0.1, 0.15) is 5.75 Å². The Balaban J connectivity index is 2.98. The number of aliphatic carboxylic acids is 1. The van der Waals surface area contributed by atoms with Crippen LogP contribution in [0, 0.1) is 0 Å². The van der Waals surface area contributed by atoms with E-state index in [1.807, 2.05) is 45.0 Å². The lowest BCUT2D eigenvalue weighted by Crippen LogP contribution is -2.22. The number of para-hydroxylation sites is 1. The second kappa shape index (κ2) is 5.71. The highest BCUT2D eigenvalue weighted by Gasteiger charge is 2.27. The highest BCUT2D eigenvalue weighted by molar-refractivity contribution is 5.69. The summed E-state index contributed by atoms with van der Waals surface area (Å²) in [4.78, 5) is 10.9. The molecule has 17 heavy (non-hydrogen) atoms. The van der Waals surface area contributed by atoms with Gasteiger partial charge in [-0.25, -0.2) is 0 Å². The van der Waals surface area contributed by atoms with Gasteiger partial charge in [-0.2, -0.15) is 0 Å². The van der Waals surface area contributed by atoms with Crippen LogP contribution in [-0.4, -0.2) is 17.7 Å². The van der Waals surface area contributed by atoms with Crippen LogP contribution in [0.2, 0.25) is 0 Å². The van der Waals surface area contributed by atoms with E-state index in [0.717, 1.165) is 17.7 Å². The Morgan fingerprint density at radius 3 is 2.59 bits per heavy atom. The van der Waals surface area contributed by atoms with Gasteiger partial charge in [0.15, 0.2) is 0 Å². The molecule has 1 aromatic rings. The minimum absolute atomic E-state index is 0.0967. The van der Waals surface area contributed by atoms with E-state index in [0.29, 0.717) is 6.61 Å². The number of carbonyl (C=O) groups is 1. The topological polar surface area (TPSA) is 46.5 Å². The van der Waals surface area contributed by atoms with Crippen molar-refractivity contribution >= 4 is 5.97 Å². The molecular weight excluding hydrogens is 216 g/mol. The smallest absolute Gasteiger partial charge is 0.304 e. The predicted octanol–water partition coefficient (Wildman–Crippen LogP) is 3.23. The molecule has 0 unspecified atom stereocenters. The van der Waals surface area contributed by atoms with Gasteiger partial charge >= 0.3 is 5.97 Å². The van der Waals surface area contributed by atoms with Gasteiger partial charge in [-0.15, -0.1) is 0 Å². The monoisotopic (exact) mass is 236 g/mol. The first kappa shape index (κ1) is 13.6. The molecule has 94 valence electrons. The molecule has 1 rings (SSSR count). The molecule has 3 heteroatoms. The number of carboxylic acid groups (broad SMARTS) is 1. The van der Waals surface area contributed by atoms with Crippen LogP contribution in [0.5, 0.6) is 5.75 Å². The lowest BCUT2D eigenvalue weighted by Gasteiger charge is -2.25. The number of carboxylic acids is 1. The zero-order valence-electron chi connectivity index (χ0n) is 10.7. The minimum Gasteiger partial charge on any atom is -0.493 e. The molecule has 1 N–H and O–H groups in total. The summed E-state index contributed by atoms with van der Waals surface area (Å²) >= 11 is 0. The van der Waals surface area contributed by atoms with Crippen molar-refractivity contribution in [3.05, 3.63) is 29.8 Å². The molecule has 1 aromatic carbocycles. The zero-order chi connectivity index (χ0) is 12.9. The van der Waals surface area contributed by atoms with E-state index in [2.05, 4.69) is 0 Å². The van der Waals surface area contributed by atoms with Gasteiger partial charge < -0.3 is 9.84 Å². The summed E-state index contributed by atoms with van der Waals surface area (Å²) in [6.45, 7) is 6.55. The van der Waals surface area contributed by atoms with Crippen molar-refractivity contribution in [1.29, 1.82) is 0 Å². The van der Waals surface area contributed by atoms with E-state index >= 15 is 0 Å². The number of rotatable bonds is 6. The zero-order valence-corrected chi connectivity index (χ0v) is 10.7. The third kappa shape index (κ3) is 3.77. The van der Waals surface area contributed by atoms with Gasteiger partial charge in [-0.1, -0.05) is 39.0 Å². The van der Waals surface area contributed by atoms with Crippen LogP contribution in [0.3, 0.4) is 0 Å². The molecule has 0 aliphatic rings. The van der Waals surface area contributed by atoms with E-state index in [-0.39, 0.29) is 6.42 Å². The highest BCUT2D eigenvalue weighted by atomic mass is 16.5.